The summed E-state index contributed by atoms with van der Waals surface area (Å²) in [5, 5.41) is 14.5. The predicted molar refractivity (Wildman–Crippen MR) is 95.1 cm³/mol. The minimum atomic E-state index is -3.79. The average Bonchev–Trinajstić information content (AvgIpc) is 3.01. The van der Waals surface area contributed by atoms with Gasteiger partial charge in [0.1, 0.15) is 11.5 Å². The Morgan fingerprint density at radius 2 is 1.73 bits per heavy atom. The fourth-order valence-electron chi connectivity index (χ4n) is 2.22. The first-order valence-corrected chi connectivity index (χ1v) is 9.07. The summed E-state index contributed by atoms with van der Waals surface area (Å²) in [7, 11) is -2.26. The molecule has 0 saturated heterocycles. The summed E-state index contributed by atoms with van der Waals surface area (Å²) in [5.41, 5.74) is 0.712. The number of rotatable bonds is 6. The Labute approximate surface area is 150 Å². The van der Waals surface area contributed by atoms with Crippen LogP contribution in [0.2, 0.25) is 0 Å². The number of benzene rings is 1. The number of nitrogens with zero attached hydrogens (tertiary/aromatic N) is 3. The van der Waals surface area contributed by atoms with Crippen LogP contribution < -0.4 is 14.8 Å². The van der Waals surface area contributed by atoms with Crippen molar-refractivity contribution in [1.29, 1.82) is 0 Å². The number of aryl methyl sites for hydroxylation is 2. The van der Waals surface area contributed by atoms with E-state index in [1.54, 1.807) is 32.0 Å². The Morgan fingerprint density at radius 1 is 1.00 bits per heavy atom. The molecule has 2 aromatic heterocycles. The zero-order valence-electron chi connectivity index (χ0n) is 14.3. The van der Waals surface area contributed by atoms with E-state index in [0.29, 0.717) is 28.7 Å². The van der Waals surface area contributed by atoms with Crippen LogP contribution in [-0.4, -0.2) is 30.9 Å². The maximum Gasteiger partial charge on any atom is 0.263 e. The minimum absolute atomic E-state index is 0.0976. The molecule has 0 aliphatic carbocycles. The van der Waals surface area contributed by atoms with Crippen molar-refractivity contribution in [3.8, 4) is 5.75 Å². The smallest absolute Gasteiger partial charge is 0.263 e. The van der Waals surface area contributed by atoms with Crippen molar-refractivity contribution >= 4 is 27.5 Å². The van der Waals surface area contributed by atoms with Crippen molar-refractivity contribution < 1.29 is 17.7 Å². The Balaban J connectivity index is 1.74. The second kappa shape index (κ2) is 7.00. The molecule has 3 rings (SSSR count). The van der Waals surface area contributed by atoms with Gasteiger partial charge in [0.2, 0.25) is 0 Å². The normalized spacial score (nSPS) is 11.2. The third-order valence-corrected chi connectivity index (χ3v) is 4.82. The lowest BCUT2D eigenvalue weighted by atomic mass is 10.2. The number of anilines is 3. The highest BCUT2D eigenvalue weighted by Crippen LogP contribution is 2.23. The molecule has 0 spiro atoms. The van der Waals surface area contributed by atoms with Gasteiger partial charge in [0, 0.05) is 6.07 Å². The maximum atomic E-state index is 12.5. The number of aromatic nitrogens is 3. The largest absolute Gasteiger partial charge is 0.496 e. The molecule has 0 radical (unpaired) electrons. The van der Waals surface area contributed by atoms with Crippen LogP contribution in [0.4, 0.5) is 17.5 Å². The third-order valence-electron chi connectivity index (χ3n) is 3.46. The molecule has 1 aromatic carbocycles. The lowest BCUT2D eigenvalue weighted by Crippen LogP contribution is -2.14. The molecular weight excluding hydrogens is 358 g/mol. The van der Waals surface area contributed by atoms with E-state index in [2.05, 4.69) is 25.4 Å². The van der Waals surface area contributed by atoms with E-state index in [-0.39, 0.29) is 10.7 Å². The minimum Gasteiger partial charge on any atom is -0.496 e. The Morgan fingerprint density at radius 3 is 2.31 bits per heavy atom. The van der Waals surface area contributed by atoms with Crippen LogP contribution in [-0.2, 0) is 10.0 Å². The van der Waals surface area contributed by atoms with Gasteiger partial charge >= 0.3 is 0 Å². The predicted octanol–water partition coefficient (Wildman–Crippen LogP) is 2.63. The highest BCUT2D eigenvalue weighted by Gasteiger charge is 2.16. The first-order valence-electron chi connectivity index (χ1n) is 7.59. The van der Waals surface area contributed by atoms with Crippen LogP contribution in [0, 0.1) is 13.8 Å². The van der Waals surface area contributed by atoms with Gasteiger partial charge in [0.25, 0.3) is 10.0 Å². The Kier molecular flexibility index (Phi) is 4.76. The van der Waals surface area contributed by atoms with Crippen LogP contribution in [0.5, 0.6) is 5.75 Å². The van der Waals surface area contributed by atoms with E-state index >= 15 is 0 Å². The highest BCUT2D eigenvalue weighted by molar-refractivity contribution is 7.92. The highest BCUT2D eigenvalue weighted by atomic mass is 32.2. The molecule has 0 amide bonds. The standard InChI is InChI=1S/C16H17N5O4S/c1-10-8-12(4-5-13(10)24-3)26(22,23)21-15-7-6-14(18-19-15)17-16-9-11(2)25-20-16/h4-9H,1-3H3,(H,19,21)(H,17,18,20). The molecule has 0 atom stereocenters. The summed E-state index contributed by atoms with van der Waals surface area (Å²) in [5.74, 6) is 2.25. The number of hydrogen-bond acceptors (Lipinski definition) is 8. The van der Waals surface area contributed by atoms with E-state index in [1.807, 2.05) is 0 Å². The van der Waals surface area contributed by atoms with E-state index < -0.39 is 10.0 Å². The van der Waals surface area contributed by atoms with Gasteiger partial charge in [-0.05, 0) is 49.7 Å². The van der Waals surface area contributed by atoms with Gasteiger partial charge in [-0.1, -0.05) is 5.16 Å². The molecule has 0 aliphatic rings. The molecule has 0 aliphatic heterocycles. The molecule has 2 N–H and O–H groups in total. The fraction of sp³-hybridized carbons (Fsp3) is 0.188. The Bertz CT molecular complexity index is 1020. The van der Waals surface area contributed by atoms with Crippen molar-refractivity contribution in [1.82, 2.24) is 15.4 Å². The monoisotopic (exact) mass is 375 g/mol. The fourth-order valence-corrected chi connectivity index (χ4v) is 3.31. The number of methoxy groups -OCH3 is 1. The van der Waals surface area contributed by atoms with Gasteiger partial charge in [0.05, 0.1) is 12.0 Å². The summed E-state index contributed by atoms with van der Waals surface area (Å²) in [6.07, 6.45) is 0. The second-order valence-electron chi connectivity index (χ2n) is 5.49. The quantitative estimate of drug-likeness (QED) is 0.675. The first kappa shape index (κ1) is 17.7. The van der Waals surface area contributed by atoms with Crippen molar-refractivity contribution in [3.63, 3.8) is 0 Å². The molecule has 10 heteroatoms. The third kappa shape index (κ3) is 3.91. The molecule has 2 heterocycles. The van der Waals surface area contributed by atoms with Crippen molar-refractivity contribution in [2.45, 2.75) is 18.7 Å². The van der Waals surface area contributed by atoms with Gasteiger partial charge in [-0.2, -0.15) is 0 Å². The number of ether oxygens (including phenoxy) is 1. The summed E-state index contributed by atoms with van der Waals surface area (Å²) < 4.78 is 37.4. The van der Waals surface area contributed by atoms with Crippen molar-refractivity contribution in [2.75, 3.05) is 17.1 Å². The lowest BCUT2D eigenvalue weighted by molar-refractivity contribution is 0.400. The van der Waals surface area contributed by atoms with Crippen LogP contribution in [0.3, 0.4) is 0 Å². The van der Waals surface area contributed by atoms with Crippen LogP contribution in [0.25, 0.3) is 0 Å². The zero-order chi connectivity index (χ0) is 18.7. The first-order chi connectivity index (χ1) is 12.4. The van der Waals surface area contributed by atoms with Crippen LogP contribution in [0.15, 0.2) is 45.8 Å². The summed E-state index contributed by atoms with van der Waals surface area (Å²) in [6, 6.07) is 9.36. The number of sulfonamides is 1. The molecule has 26 heavy (non-hydrogen) atoms. The maximum absolute atomic E-state index is 12.5. The molecule has 0 fully saturated rings. The molecule has 136 valence electrons. The zero-order valence-corrected chi connectivity index (χ0v) is 15.2. The van der Waals surface area contributed by atoms with Crippen LogP contribution >= 0.6 is 0 Å². The number of hydrogen-bond donors (Lipinski definition) is 2. The van der Waals surface area contributed by atoms with Gasteiger partial charge in [-0.3, -0.25) is 4.72 Å². The molecule has 3 aromatic rings. The average molecular weight is 375 g/mol. The van der Waals surface area contributed by atoms with E-state index in [4.69, 9.17) is 9.26 Å². The van der Waals surface area contributed by atoms with E-state index in [1.165, 1.54) is 25.3 Å². The van der Waals surface area contributed by atoms with Gasteiger partial charge in [-0.15, -0.1) is 10.2 Å². The van der Waals surface area contributed by atoms with Gasteiger partial charge < -0.3 is 14.6 Å². The number of nitrogens with one attached hydrogen (secondary N) is 2. The van der Waals surface area contributed by atoms with Gasteiger partial charge in [-0.25, -0.2) is 8.42 Å². The summed E-state index contributed by atoms with van der Waals surface area (Å²) in [6.45, 7) is 3.53. The molecule has 0 bridgehead atoms. The SMILES string of the molecule is COc1ccc(S(=O)(=O)Nc2ccc(Nc3cc(C)on3)nn2)cc1C. The van der Waals surface area contributed by atoms with Gasteiger partial charge in [0.15, 0.2) is 17.5 Å². The topological polar surface area (TPSA) is 119 Å². The van der Waals surface area contributed by atoms with Crippen molar-refractivity contribution in [3.05, 3.63) is 47.7 Å². The van der Waals surface area contributed by atoms with Crippen LogP contribution in [0.1, 0.15) is 11.3 Å². The molecule has 9 nitrogen and oxygen atoms in total. The Hall–Kier alpha value is -3.14. The van der Waals surface area contributed by atoms with Crippen molar-refractivity contribution in [2.24, 2.45) is 0 Å². The van der Waals surface area contributed by atoms with E-state index in [9.17, 15) is 8.42 Å². The molecular formula is C16H17N5O4S. The second-order valence-corrected chi connectivity index (χ2v) is 7.17. The summed E-state index contributed by atoms with van der Waals surface area (Å²) >= 11 is 0. The lowest BCUT2D eigenvalue weighted by Gasteiger charge is -2.10. The summed E-state index contributed by atoms with van der Waals surface area (Å²) in [4.78, 5) is 0.109. The molecule has 0 saturated carbocycles. The van der Waals surface area contributed by atoms with E-state index in [0.717, 1.165) is 0 Å². The molecule has 0 unspecified atom stereocenters.